The van der Waals surface area contributed by atoms with Crippen molar-refractivity contribution in [2.75, 3.05) is 6.54 Å². The molecule has 3 aliphatic rings. The van der Waals surface area contributed by atoms with E-state index in [-0.39, 0.29) is 0 Å². The molecule has 0 aromatic rings. The highest BCUT2D eigenvalue weighted by Crippen LogP contribution is 2.41. The zero-order valence-corrected chi connectivity index (χ0v) is 8.71. The Morgan fingerprint density at radius 3 is 2.15 bits per heavy atom. The molecule has 2 bridgehead atoms. The molecule has 2 unspecified atom stereocenters. The number of hydrogen-bond acceptors (Lipinski definition) is 1. The van der Waals surface area contributed by atoms with Crippen LogP contribution >= 0.6 is 0 Å². The maximum Gasteiger partial charge on any atom is 0.0101 e. The largest absolute Gasteiger partial charge is 0.297 e. The summed E-state index contributed by atoms with van der Waals surface area (Å²) in [7, 11) is 0. The van der Waals surface area contributed by atoms with Gasteiger partial charge in [-0.1, -0.05) is 6.92 Å². The molecule has 2 saturated heterocycles. The molecule has 13 heavy (non-hydrogen) atoms. The summed E-state index contributed by atoms with van der Waals surface area (Å²) in [5, 5.41) is 0. The Labute approximate surface area is 81.5 Å². The molecule has 1 heteroatoms. The molecule has 0 aromatic carbocycles. The van der Waals surface area contributed by atoms with Gasteiger partial charge < -0.3 is 0 Å². The maximum absolute atomic E-state index is 2.86. The summed E-state index contributed by atoms with van der Waals surface area (Å²) >= 11 is 0. The molecule has 2 heterocycles. The second-order valence-electron chi connectivity index (χ2n) is 5.60. The molecule has 1 saturated carbocycles. The van der Waals surface area contributed by atoms with Crippen molar-refractivity contribution in [1.29, 1.82) is 0 Å². The molecule has 0 amide bonds. The minimum atomic E-state index is 0.981. The molecule has 1 nitrogen and oxygen atoms in total. The van der Waals surface area contributed by atoms with Gasteiger partial charge >= 0.3 is 0 Å². The quantitative estimate of drug-likeness (QED) is 0.630. The van der Waals surface area contributed by atoms with Crippen LogP contribution in [0.15, 0.2) is 0 Å². The zero-order valence-electron chi connectivity index (χ0n) is 8.71. The van der Waals surface area contributed by atoms with Gasteiger partial charge in [0.05, 0.1) is 0 Å². The first-order valence-electron chi connectivity index (χ1n) is 6.08. The summed E-state index contributed by atoms with van der Waals surface area (Å²) in [4.78, 5) is 2.86. The molecule has 0 radical (unpaired) electrons. The minimum Gasteiger partial charge on any atom is -0.297 e. The van der Waals surface area contributed by atoms with Crippen molar-refractivity contribution >= 4 is 0 Å². The first kappa shape index (κ1) is 8.28. The smallest absolute Gasteiger partial charge is 0.0101 e. The highest BCUT2D eigenvalue weighted by Gasteiger charge is 2.41. The van der Waals surface area contributed by atoms with Crippen molar-refractivity contribution in [1.82, 2.24) is 4.90 Å². The molecule has 0 aromatic heterocycles. The predicted octanol–water partition coefficient (Wildman–Crippen LogP) is 2.66. The van der Waals surface area contributed by atoms with E-state index >= 15 is 0 Å². The van der Waals surface area contributed by atoms with Gasteiger partial charge in [-0.05, 0) is 50.4 Å². The zero-order chi connectivity index (χ0) is 8.84. The molecule has 3 fully saturated rings. The Kier molecular flexibility index (Phi) is 1.90. The van der Waals surface area contributed by atoms with Crippen LogP contribution in [-0.4, -0.2) is 23.5 Å². The van der Waals surface area contributed by atoms with E-state index in [0.717, 1.165) is 23.9 Å². The Balaban J connectivity index is 1.67. The summed E-state index contributed by atoms with van der Waals surface area (Å²) in [5.74, 6) is 2.10. The number of rotatable bonds is 2. The van der Waals surface area contributed by atoms with Gasteiger partial charge in [-0.25, -0.2) is 0 Å². The standard InChI is InChI=1S/C12H21N/c1-9-6-11-4-5-12(7-9)13(11)8-10-2-3-10/h9-12H,2-8H2,1H3/t9?,11-,12?/m1/s1. The van der Waals surface area contributed by atoms with Crippen LogP contribution in [0.1, 0.15) is 45.4 Å². The Morgan fingerprint density at radius 1 is 1.00 bits per heavy atom. The van der Waals surface area contributed by atoms with Crippen LogP contribution in [0.25, 0.3) is 0 Å². The van der Waals surface area contributed by atoms with Gasteiger partial charge in [0.25, 0.3) is 0 Å². The topological polar surface area (TPSA) is 3.24 Å². The molecular weight excluding hydrogens is 158 g/mol. The van der Waals surface area contributed by atoms with Crippen molar-refractivity contribution in [3.05, 3.63) is 0 Å². The summed E-state index contributed by atoms with van der Waals surface area (Å²) in [6.07, 6.45) is 9.02. The highest BCUT2D eigenvalue weighted by molar-refractivity contribution is 4.96. The summed E-state index contributed by atoms with van der Waals surface area (Å²) in [6, 6.07) is 1.96. The van der Waals surface area contributed by atoms with Crippen LogP contribution in [-0.2, 0) is 0 Å². The van der Waals surface area contributed by atoms with Crippen molar-refractivity contribution in [2.45, 2.75) is 57.5 Å². The fourth-order valence-electron chi connectivity index (χ4n) is 3.44. The van der Waals surface area contributed by atoms with Crippen LogP contribution in [0.4, 0.5) is 0 Å². The van der Waals surface area contributed by atoms with Crippen LogP contribution in [0.5, 0.6) is 0 Å². The number of hydrogen-bond donors (Lipinski definition) is 0. The predicted molar refractivity (Wildman–Crippen MR) is 54.6 cm³/mol. The average Bonchev–Trinajstić information content (AvgIpc) is 2.83. The fourth-order valence-corrected chi connectivity index (χ4v) is 3.44. The van der Waals surface area contributed by atoms with Gasteiger partial charge in [-0.15, -0.1) is 0 Å². The van der Waals surface area contributed by atoms with Crippen LogP contribution in [0.2, 0.25) is 0 Å². The Bertz CT molecular complexity index is 183. The monoisotopic (exact) mass is 179 g/mol. The van der Waals surface area contributed by atoms with Gasteiger partial charge in [0.15, 0.2) is 0 Å². The van der Waals surface area contributed by atoms with Crippen molar-refractivity contribution in [3.63, 3.8) is 0 Å². The van der Waals surface area contributed by atoms with E-state index in [2.05, 4.69) is 11.8 Å². The van der Waals surface area contributed by atoms with E-state index in [1.54, 1.807) is 0 Å². The SMILES string of the molecule is CC1CC2CC[C@H](C1)N2CC1CC1. The van der Waals surface area contributed by atoms with Crippen molar-refractivity contribution < 1.29 is 0 Å². The van der Waals surface area contributed by atoms with E-state index in [4.69, 9.17) is 0 Å². The first-order chi connectivity index (χ1) is 6.33. The van der Waals surface area contributed by atoms with Crippen LogP contribution in [0.3, 0.4) is 0 Å². The maximum atomic E-state index is 2.86. The van der Waals surface area contributed by atoms with E-state index in [1.165, 1.54) is 45.1 Å². The van der Waals surface area contributed by atoms with Gasteiger partial charge in [0.2, 0.25) is 0 Å². The lowest BCUT2D eigenvalue weighted by Crippen LogP contribution is -2.43. The average molecular weight is 179 g/mol. The second kappa shape index (κ2) is 2.98. The lowest BCUT2D eigenvalue weighted by Gasteiger charge is -2.37. The molecule has 3 rings (SSSR count). The van der Waals surface area contributed by atoms with Crippen LogP contribution < -0.4 is 0 Å². The number of fused-ring (bicyclic) bond motifs is 2. The Morgan fingerprint density at radius 2 is 1.62 bits per heavy atom. The molecule has 3 atom stereocenters. The molecule has 2 aliphatic heterocycles. The van der Waals surface area contributed by atoms with E-state index in [1.807, 2.05) is 0 Å². The van der Waals surface area contributed by atoms with Gasteiger partial charge in [0.1, 0.15) is 0 Å². The molecule has 1 aliphatic carbocycles. The lowest BCUT2D eigenvalue weighted by molar-refractivity contribution is 0.105. The number of piperidine rings is 1. The second-order valence-corrected chi connectivity index (χ2v) is 5.60. The lowest BCUT2D eigenvalue weighted by atomic mass is 9.92. The van der Waals surface area contributed by atoms with Gasteiger partial charge in [0, 0.05) is 18.6 Å². The minimum absolute atomic E-state index is 0.981. The third-order valence-corrected chi connectivity index (χ3v) is 4.29. The van der Waals surface area contributed by atoms with E-state index in [9.17, 15) is 0 Å². The van der Waals surface area contributed by atoms with Crippen molar-refractivity contribution in [2.24, 2.45) is 11.8 Å². The van der Waals surface area contributed by atoms with Crippen molar-refractivity contribution in [3.8, 4) is 0 Å². The third-order valence-electron chi connectivity index (χ3n) is 4.29. The first-order valence-corrected chi connectivity index (χ1v) is 6.08. The van der Waals surface area contributed by atoms with Gasteiger partial charge in [-0.2, -0.15) is 0 Å². The van der Waals surface area contributed by atoms with E-state index in [0.29, 0.717) is 0 Å². The summed E-state index contributed by atoms with van der Waals surface area (Å²) in [5.41, 5.74) is 0. The molecule has 0 spiro atoms. The molecule has 0 N–H and O–H groups in total. The molecular formula is C12H21N. The molecule has 74 valence electrons. The van der Waals surface area contributed by atoms with E-state index < -0.39 is 0 Å². The normalized spacial score (nSPS) is 45.5. The fraction of sp³-hybridized carbons (Fsp3) is 1.00. The number of nitrogens with zero attached hydrogens (tertiary/aromatic N) is 1. The highest BCUT2D eigenvalue weighted by atomic mass is 15.2. The van der Waals surface area contributed by atoms with Gasteiger partial charge in [-0.3, -0.25) is 4.90 Å². The third kappa shape index (κ3) is 1.52. The summed E-state index contributed by atoms with van der Waals surface area (Å²) < 4.78 is 0. The Hall–Kier alpha value is -0.0400. The summed E-state index contributed by atoms with van der Waals surface area (Å²) in [6.45, 7) is 3.89. The van der Waals surface area contributed by atoms with Crippen LogP contribution in [0, 0.1) is 11.8 Å².